The smallest absolute Gasteiger partial charge is 0.146 e. The van der Waals surface area contributed by atoms with E-state index in [0.29, 0.717) is 16.5 Å². The van der Waals surface area contributed by atoms with Crippen molar-refractivity contribution in [3.05, 3.63) is 58.6 Å². The summed E-state index contributed by atoms with van der Waals surface area (Å²) in [5.41, 5.74) is 1.96. The Balaban J connectivity index is 2.16. The summed E-state index contributed by atoms with van der Waals surface area (Å²) in [6, 6.07) is 13.3. The van der Waals surface area contributed by atoms with E-state index in [1.807, 2.05) is 49.5 Å². The van der Waals surface area contributed by atoms with Crippen LogP contribution in [0.5, 0.6) is 11.5 Å². The lowest BCUT2D eigenvalue weighted by molar-refractivity contribution is 0.281. The van der Waals surface area contributed by atoms with Crippen molar-refractivity contribution < 1.29 is 9.84 Å². The second kappa shape index (κ2) is 6.75. The van der Waals surface area contributed by atoms with Gasteiger partial charge in [-0.2, -0.15) is 0 Å². The summed E-state index contributed by atoms with van der Waals surface area (Å²) in [7, 11) is 1.91. The van der Waals surface area contributed by atoms with E-state index in [4.69, 9.17) is 21.4 Å². The van der Waals surface area contributed by atoms with Crippen LogP contribution in [0.4, 0.5) is 0 Å². The predicted octanol–water partition coefficient (Wildman–Crippen LogP) is 3.91. The molecule has 0 heterocycles. The average molecular weight is 292 g/mol. The topological polar surface area (TPSA) is 41.5 Å². The van der Waals surface area contributed by atoms with Gasteiger partial charge in [-0.1, -0.05) is 29.8 Å². The molecule has 1 atom stereocenters. The van der Waals surface area contributed by atoms with Crippen molar-refractivity contribution in [1.29, 1.82) is 0 Å². The second-order valence-corrected chi connectivity index (χ2v) is 5.01. The number of hydrogen-bond donors (Lipinski definition) is 2. The fourth-order valence-electron chi connectivity index (χ4n) is 1.83. The molecule has 106 valence electrons. The number of aliphatic hydroxyl groups excluding tert-OH is 1. The third kappa shape index (κ3) is 3.51. The molecule has 2 aromatic carbocycles. The maximum atomic E-state index is 9.00. The molecular formula is C16H18ClNO2. The first-order chi connectivity index (χ1) is 9.63. The SMILES string of the molecule is CNC(C)c1ccc(Oc2ccc(CO)cc2)c(Cl)c1. The Bertz CT molecular complexity index is 569. The summed E-state index contributed by atoms with van der Waals surface area (Å²) in [6.07, 6.45) is 0. The summed E-state index contributed by atoms with van der Waals surface area (Å²) in [5, 5.41) is 12.7. The summed E-state index contributed by atoms with van der Waals surface area (Å²) >= 11 is 6.25. The monoisotopic (exact) mass is 291 g/mol. The maximum Gasteiger partial charge on any atom is 0.146 e. The average Bonchev–Trinajstić information content (AvgIpc) is 2.49. The Morgan fingerprint density at radius 2 is 1.90 bits per heavy atom. The van der Waals surface area contributed by atoms with Crippen molar-refractivity contribution in [2.75, 3.05) is 7.05 Å². The van der Waals surface area contributed by atoms with E-state index in [-0.39, 0.29) is 12.6 Å². The van der Waals surface area contributed by atoms with Crippen LogP contribution in [-0.4, -0.2) is 12.2 Å². The molecular weight excluding hydrogens is 274 g/mol. The minimum absolute atomic E-state index is 0.0254. The summed E-state index contributed by atoms with van der Waals surface area (Å²) in [5.74, 6) is 1.31. The zero-order valence-electron chi connectivity index (χ0n) is 11.6. The van der Waals surface area contributed by atoms with E-state index in [9.17, 15) is 0 Å². The van der Waals surface area contributed by atoms with Crippen molar-refractivity contribution >= 4 is 11.6 Å². The summed E-state index contributed by atoms with van der Waals surface area (Å²) in [6.45, 7) is 2.09. The highest BCUT2D eigenvalue weighted by Crippen LogP contribution is 2.31. The minimum Gasteiger partial charge on any atom is -0.456 e. The predicted molar refractivity (Wildman–Crippen MR) is 81.4 cm³/mol. The molecule has 0 aromatic heterocycles. The number of nitrogens with one attached hydrogen (secondary N) is 1. The minimum atomic E-state index is 0.0254. The van der Waals surface area contributed by atoms with Gasteiger partial charge in [-0.05, 0) is 49.4 Å². The Labute approximate surface area is 124 Å². The van der Waals surface area contributed by atoms with Crippen LogP contribution in [0.1, 0.15) is 24.1 Å². The van der Waals surface area contributed by atoms with Gasteiger partial charge in [0.15, 0.2) is 0 Å². The van der Waals surface area contributed by atoms with Gasteiger partial charge < -0.3 is 15.2 Å². The lowest BCUT2D eigenvalue weighted by Crippen LogP contribution is -2.12. The van der Waals surface area contributed by atoms with Gasteiger partial charge >= 0.3 is 0 Å². The van der Waals surface area contributed by atoms with Crippen LogP contribution in [0, 0.1) is 0 Å². The molecule has 20 heavy (non-hydrogen) atoms. The van der Waals surface area contributed by atoms with Crippen molar-refractivity contribution in [2.45, 2.75) is 19.6 Å². The molecule has 0 bridgehead atoms. The molecule has 0 amide bonds. The molecule has 2 rings (SSSR count). The molecule has 0 saturated heterocycles. The van der Waals surface area contributed by atoms with Crippen molar-refractivity contribution in [2.24, 2.45) is 0 Å². The fourth-order valence-corrected chi connectivity index (χ4v) is 2.05. The Hall–Kier alpha value is -1.55. The van der Waals surface area contributed by atoms with E-state index in [2.05, 4.69) is 12.2 Å². The number of aliphatic hydroxyl groups is 1. The summed E-state index contributed by atoms with van der Waals surface area (Å²) < 4.78 is 5.74. The first kappa shape index (κ1) is 14.9. The third-order valence-electron chi connectivity index (χ3n) is 3.22. The first-order valence-electron chi connectivity index (χ1n) is 6.48. The number of rotatable bonds is 5. The molecule has 2 aromatic rings. The largest absolute Gasteiger partial charge is 0.456 e. The molecule has 4 heteroatoms. The van der Waals surface area contributed by atoms with Gasteiger partial charge in [-0.3, -0.25) is 0 Å². The van der Waals surface area contributed by atoms with Crippen LogP contribution in [0.2, 0.25) is 5.02 Å². The molecule has 1 unspecified atom stereocenters. The van der Waals surface area contributed by atoms with Crippen LogP contribution >= 0.6 is 11.6 Å². The highest BCUT2D eigenvalue weighted by atomic mass is 35.5. The molecule has 0 aliphatic rings. The van der Waals surface area contributed by atoms with E-state index in [0.717, 1.165) is 11.1 Å². The number of halogens is 1. The number of benzene rings is 2. The Morgan fingerprint density at radius 1 is 1.20 bits per heavy atom. The standard InChI is InChI=1S/C16H18ClNO2/c1-11(18-2)13-5-8-16(15(17)9-13)20-14-6-3-12(10-19)4-7-14/h3-9,11,18-19H,10H2,1-2H3. The van der Waals surface area contributed by atoms with Gasteiger partial charge in [0.25, 0.3) is 0 Å². The molecule has 0 saturated carbocycles. The van der Waals surface area contributed by atoms with Crippen molar-refractivity contribution in [3.8, 4) is 11.5 Å². The fraction of sp³-hybridized carbons (Fsp3) is 0.250. The highest BCUT2D eigenvalue weighted by Gasteiger charge is 2.08. The summed E-state index contributed by atoms with van der Waals surface area (Å²) in [4.78, 5) is 0. The normalized spacial score (nSPS) is 12.2. The van der Waals surface area contributed by atoms with Gasteiger partial charge in [-0.15, -0.1) is 0 Å². The number of hydrogen-bond acceptors (Lipinski definition) is 3. The second-order valence-electron chi connectivity index (χ2n) is 4.60. The van der Waals surface area contributed by atoms with Crippen molar-refractivity contribution in [1.82, 2.24) is 5.32 Å². The van der Waals surface area contributed by atoms with Crippen LogP contribution in [-0.2, 0) is 6.61 Å². The van der Waals surface area contributed by atoms with Gasteiger partial charge in [0.05, 0.1) is 11.6 Å². The zero-order chi connectivity index (χ0) is 14.5. The van der Waals surface area contributed by atoms with Crippen LogP contribution in [0.3, 0.4) is 0 Å². The molecule has 0 fully saturated rings. The maximum absolute atomic E-state index is 9.00. The Kier molecular flexibility index (Phi) is 5.01. The van der Waals surface area contributed by atoms with Crippen LogP contribution < -0.4 is 10.1 Å². The number of ether oxygens (including phenoxy) is 1. The van der Waals surface area contributed by atoms with E-state index < -0.39 is 0 Å². The molecule has 2 N–H and O–H groups in total. The molecule has 0 aliphatic carbocycles. The third-order valence-corrected chi connectivity index (χ3v) is 3.52. The molecule has 3 nitrogen and oxygen atoms in total. The van der Waals surface area contributed by atoms with E-state index >= 15 is 0 Å². The van der Waals surface area contributed by atoms with Gasteiger partial charge in [0.2, 0.25) is 0 Å². The quantitative estimate of drug-likeness (QED) is 0.878. The zero-order valence-corrected chi connectivity index (χ0v) is 12.3. The first-order valence-corrected chi connectivity index (χ1v) is 6.86. The van der Waals surface area contributed by atoms with E-state index in [1.165, 1.54) is 0 Å². The molecule has 0 radical (unpaired) electrons. The van der Waals surface area contributed by atoms with Gasteiger partial charge in [-0.25, -0.2) is 0 Å². The highest BCUT2D eigenvalue weighted by molar-refractivity contribution is 6.32. The van der Waals surface area contributed by atoms with Crippen molar-refractivity contribution in [3.63, 3.8) is 0 Å². The molecule has 0 spiro atoms. The lowest BCUT2D eigenvalue weighted by atomic mass is 10.1. The molecule has 0 aliphatic heterocycles. The van der Waals surface area contributed by atoms with Gasteiger partial charge in [0.1, 0.15) is 11.5 Å². The Morgan fingerprint density at radius 3 is 2.45 bits per heavy atom. The lowest BCUT2D eigenvalue weighted by Gasteiger charge is -2.13. The van der Waals surface area contributed by atoms with Crippen LogP contribution in [0.15, 0.2) is 42.5 Å². The van der Waals surface area contributed by atoms with E-state index in [1.54, 1.807) is 0 Å². The van der Waals surface area contributed by atoms with Crippen LogP contribution in [0.25, 0.3) is 0 Å². The van der Waals surface area contributed by atoms with Gasteiger partial charge in [0, 0.05) is 6.04 Å².